The van der Waals surface area contributed by atoms with Crippen molar-refractivity contribution in [2.24, 2.45) is 28.6 Å². The van der Waals surface area contributed by atoms with E-state index < -0.39 is 0 Å². The molecule has 0 aromatic carbocycles. The third-order valence-corrected chi connectivity index (χ3v) is 6.07. The lowest BCUT2D eigenvalue weighted by Crippen LogP contribution is -2.28. The Morgan fingerprint density at radius 3 is 2.60 bits per heavy atom. The largest absolute Gasteiger partial charge is 0.0990 e. The Balaban J connectivity index is 2.10. The molecule has 0 saturated heterocycles. The molecule has 0 N–H and O–H groups in total. The Bertz CT molecular complexity index is 312. The number of hydrogen-bond acceptors (Lipinski definition) is 0. The lowest BCUT2D eigenvalue weighted by molar-refractivity contribution is 0.141. The van der Waals surface area contributed by atoms with Crippen molar-refractivity contribution in [1.29, 1.82) is 0 Å². The lowest BCUT2D eigenvalue weighted by Gasteiger charge is -2.35. The van der Waals surface area contributed by atoms with Crippen molar-refractivity contribution in [3.05, 3.63) is 12.2 Å². The topological polar surface area (TPSA) is 0 Å². The molecule has 0 unspecified atom stereocenters. The van der Waals surface area contributed by atoms with Crippen LogP contribution in [-0.2, 0) is 0 Å². The molecule has 84 valence electrons. The second kappa shape index (κ2) is 2.70. The molecule has 15 heavy (non-hydrogen) atoms. The summed E-state index contributed by atoms with van der Waals surface area (Å²) in [5.74, 6) is 2.79. The minimum atomic E-state index is 0.515. The fourth-order valence-electron chi connectivity index (χ4n) is 5.28. The van der Waals surface area contributed by atoms with E-state index in [1.165, 1.54) is 32.1 Å². The molecule has 3 aliphatic carbocycles. The van der Waals surface area contributed by atoms with Gasteiger partial charge in [0.15, 0.2) is 0 Å². The van der Waals surface area contributed by atoms with Crippen molar-refractivity contribution in [2.45, 2.75) is 52.9 Å². The first kappa shape index (κ1) is 9.93. The van der Waals surface area contributed by atoms with Gasteiger partial charge in [-0.3, -0.25) is 0 Å². The van der Waals surface area contributed by atoms with E-state index in [0.717, 1.165) is 17.8 Å². The summed E-state index contributed by atoms with van der Waals surface area (Å²) in [7, 11) is 0. The first-order valence-corrected chi connectivity index (χ1v) is 6.66. The molecule has 4 bridgehead atoms. The van der Waals surface area contributed by atoms with E-state index in [4.69, 9.17) is 0 Å². The molecule has 0 radical (unpaired) electrons. The lowest BCUT2D eigenvalue weighted by atomic mass is 9.69. The van der Waals surface area contributed by atoms with Gasteiger partial charge in [-0.15, -0.1) is 0 Å². The summed E-state index contributed by atoms with van der Waals surface area (Å²) in [4.78, 5) is 0. The smallest absolute Gasteiger partial charge is 0.00849 e. The van der Waals surface area contributed by atoms with E-state index in [-0.39, 0.29) is 0 Å². The molecule has 0 aliphatic heterocycles. The summed E-state index contributed by atoms with van der Waals surface area (Å²) < 4.78 is 0. The summed E-state index contributed by atoms with van der Waals surface area (Å²) >= 11 is 0. The zero-order chi connectivity index (χ0) is 10.8. The summed E-state index contributed by atoms with van der Waals surface area (Å²) in [5.41, 5.74) is 2.71. The fraction of sp³-hybridized carbons (Fsp3) is 0.867. The van der Waals surface area contributed by atoms with Crippen LogP contribution in [0.15, 0.2) is 12.2 Å². The van der Waals surface area contributed by atoms with Gasteiger partial charge in [0.05, 0.1) is 0 Å². The van der Waals surface area contributed by atoms with Crippen LogP contribution in [0.1, 0.15) is 52.9 Å². The van der Waals surface area contributed by atoms with Crippen molar-refractivity contribution in [1.82, 2.24) is 0 Å². The zero-order valence-corrected chi connectivity index (χ0v) is 10.5. The van der Waals surface area contributed by atoms with Crippen LogP contribution in [0.25, 0.3) is 0 Å². The van der Waals surface area contributed by atoms with E-state index in [2.05, 4.69) is 27.4 Å². The van der Waals surface area contributed by atoms with Crippen molar-refractivity contribution in [3.63, 3.8) is 0 Å². The third kappa shape index (κ3) is 1.04. The average Bonchev–Trinajstić information content (AvgIpc) is 2.63. The SMILES string of the molecule is C=C1[C@H]2CC[C@@H]3[C@H]2C(C)(C)CCC[C@@]13C. The van der Waals surface area contributed by atoms with Crippen LogP contribution in [0, 0.1) is 28.6 Å². The van der Waals surface area contributed by atoms with E-state index in [1.54, 1.807) is 5.57 Å². The van der Waals surface area contributed by atoms with Gasteiger partial charge >= 0.3 is 0 Å². The van der Waals surface area contributed by atoms with Crippen LogP contribution in [-0.4, -0.2) is 0 Å². The zero-order valence-electron chi connectivity index (χ0n) is 10.5. The molecule has 0 amide bonds. The molecule has 0 nitrogen and oxygen atoms in total. The highest BCUT2D eigenvalue weighted by Crippen LogP contribution is 2.70. The monoisotopic (exact) mass is 204 g/mol. The minimum absolute atomic E-state index is 0.515. The molecular weight excluding hydrogens is 180 g/mol. The Morgan fingerprint density at radius 2 is 1.87 bits per heavy atom. The first-order valence-electron chi connectivity index (χ1n) is 6.66. The highest BCUT2D eigenvalue weighted by molar-refractivity contribution is 5.29. The third-order valence-electron chi connectivity index (χ3n) is 6.07. The van der Waals surface area contributed by atoms with Crippen molar-refractivity contribution in [3.8, 4) is 0 Å². The Hall–Kier alpha value is -0.260. The van der Waals surface area contributed by atoms with Crippen LogP contribution < -0.4 is 0 Å². The van der Waals surface area contributed by atoms with Gasteiger partial charge in [0, 0.05) is 0 Å². The molecule has 0 aromatic heterocycles. The van der Waals surface area contributed by atoms with Crippen LogP contribution >= 0.6 is 0 Å². The highest BCUT2D eigenvalue weighted by atomic mass is 14.7. The molecule has 0 aromatic rings. The van der Waals surface area contributed by atoms with Crippen molar-refractivity contribution >= 4 is 0 Å². The Labute approximate surface area is 94.1 Å². The van der Waals surface area contributed by atoms with Gasteiger partial charge in [-0.25, -0.2) is 0 Å². The second-order valence-electron chi connectivity index (χ2n) is 7.10. The molecule has 0 heteroatoms. The summed E-state index contributed by atoms with van der Waals surface area (Å²) in [6.45, 7) is 12.0. The number of allylic oxidation sites excluding steroid dienone is 1. The Kier molecular flexibility index (Phi) is 1.79. The average molecular weight is 204 g/mol. The fourth-order valence-corrected chi connectivity index (χ4v) is 5.28. The second-order valence-corrected chi connectivity index (χ2v) is 7.10. The molecule has 4 atom stereocenters. The summed E-state index contributed by atoms with van der Waals surface area (Å²) in [6.07, 6.45) is 7.18. The summed E-state index contributed by atoms with van der Waals surface area (Å²) in [5, 5.41) is 0. The predicted octanol–water partition coefficient (Wildman–Crippen LogP) is 4.42. The molecular formula is C15H24. The van der Waals surface area contributed by atoms with Gasteiger partial charge in [-0.1, -0.05) is 39.3 Å². The van der Waals surface area contributed by atoms with Gasteiger partial charge in [0.1, 0.15) is 0 Å². The van der Waals surface area contributed by atoms with Crippen LogP contribution in [0.4, 0.5) is 0 Å². The maximum Gasteiger partial charge on any atom is -0.00849 e. The maximum absolute atomic E-state index is 4.46. The number of hydrogen-bond donors (Lipinski definition) is 0. The molecule has 3 saturated carbocycles. The van der Waals surface area contributed by atoms with Crippen molar-refractivity contribution < 1.29 is 0 Å². The van der Waals surface area contributed by atoms with Gasteiger partial charge in [0.25, 0.3) is 0 Å². The normalized spacial score (nSPS) is 51.9. The maximum atomic E-state index is 4.46. The van der Waals surface area contributed by atoms with Crippen LogP contribution in [0.3, 0.4) is 0 Å². The summed E-state index contributed by atoms with van der Waals surface area (Å²) in [6, 6.07) is 0. The molecule has 3 rings (SSSR count). The van der Waals surface area contributed by atoms with E-state index in [9.17, 15) is 0 Å². The highest BCUT2D eigenvalue weighted by Gasteiger charge is 2.61. The molecule has 0 spiro atoms. The molecule has 3 aliphatic rings. The molecule has 0 heterocycles. The van der Waals surface area contributed by atoms with Crippen LogP contribution in [0.2, 0.25) is 0 Å². The van der Waals surface area contributed by atoms with Gasteiger partial charge in [-0.2, -0.15) is 0 Å². The van der Waals surface area contributed by atoms with E-state index in [0.29, 0.717) is 10.8 Å². The standard InChI is InChI=1S/C15H24/c1-10-11-6-7-12-13(11)14(2,3)8-5-9-15(10,12)4/h11-13H,1,5-9H2,2-4H3/t11-,12-,13+,15+/m1/s1. The van der Waals surface area contributed by atoms with Crippen LogP contribution in [0.5, 0.6) is 0 Å². The predicted molar refractivity (Wildman–Crippen MR) is 64.6 cm³/mol. The first-order chi connectivity index (χ1) is 6.97. The van der Waals surface area contributed by atoms with E-state index >= 15 is 0 Å². The number of rotatable bonds is 0. The van der Waals surface area contributed by atoms with Crippen molar-refractivity contribution in [2.75, 3.05) is 0 Å². The quantitative estimate of drug-likeness (QED) is 0.513. The Morgan fingerprint density at radius 1 is 1.13 bits per heavy atom. The minimum Gasteiger partial charge on any atom is -0.0990 e. The van der Waals surface area contributed by atoms with Gasteiger partial charge in [-0.05, 0) is 54.3 Å². The molecule has 3 fully saturated rings. The van der Waals surface area contributed by atoms with E-state index in [1.807, 2.05) is 0 Å². The van der Waals surface area contributed by atoms with Gasteiger partial charge in [0.2, 0.25) is 0 Å². The van der Waals surface area contributed by atoms with Gasteiger partial charge < -0.3 is 0 Å².